The van der Waals surface area contributed by atoms with Gasteiger partial charge in [-0.2, -0.15) is 5.10 Å². The zero-order chi connectivity index (χ0) is 21.5. The topological polar surface area (TPSA) is 73.2 Å². The summed E-state index contributed by atoms with van der Waals surface area (Å²) >= 11 is 0. The van der Waals surface area contributed by atoms with Gasteiger partial charge in [0.2, 0.25) is 0 Å². The SMILES string of the molecule is C=CCNC(=O)[C@H](C)OC(=O)c1cn(Cc2ccccc2)nc1-c1ccc(C)cc1. The number of benzene rings is 2. The molecule has 3 aromatic rings. The third-order valence-corrected chi connectivity index (χ3v) is 4.57. The smallest absolute Gasteiger partial charge is 0.342 e. The van der Waals surface area contributed by atoms with Crippen molar-refractivity contribution in [2.75, 3.05) is 6.54 Å². The van der Waals surface area contributed by atoms with Crippen molar-refractivity contribution in [1.29, 1.82) is 0 Å². The Kier molecular flexibility index (Phi) is 6.80. The van der Waals surface area contributed by atoms with Gasteiger partial charge in [0.15, 0.2) is 6.10 Å². The quantitative estimate of drug-likeness (QED) is 0.459. The lowest BCUT2D eigenvalue weighted by atomic mass is 10.1. The van der Waals surface area contributed by atoms with Gasteiger partial charge in [0, 0.05) is 18.3 Å². The van der Waals surface area contributed by atoms with Crippen molar-refractivity contribution < 1.29 is 14.3 Å². The van der Waals surface area contributed by atoms with Crippen molar-refractivity contribution in [3.63, 3.8) is 0 Å². The van der Waals surface area contributed by atoms with Crippen LogP contribution in [0.1, 0.15) is 28.4 Å². The summed E-state index contributed by atoms with van der Waals surface area (Å²) in [5, 5.41) is 7.25. The first-order valence-electron chi connectivity index (χ1n) is 9.76. The van der Waals surface area contributed by atoms with E-state index in [1.165, 1.54) is 6.92 Å². The van der Waals surface area contributed by atoms with Crippen LogP contribution in [0.25, 0.3) is 11.3 Å². The Morgan fingerprint density at radius 2 is 1.87 bits per heavy atom. The molecule has 1 heterocycles. The molecule has 0 aliphatic heterocycles. The van der Waals surface area contributed by atoms with Crippen LogP contribution in [0.5, 0.6) is 0 Å². The van der Waals surface area contributed by atoms with Gasteiger partial charge in [-0.25, -0.2) is 4.79 Å². The lowest BCUT2D eigenvalue weighted by molar-refractivity contribution is -0.128. The van der Waals surface area contributed by atoms with E-state index in [4.69, 9.17) is 4.74 Å². The average Bonchev–Trinajstić information content (AvgIpc) is 3.17. The van der Waals surface area contributed by atoms with E-state index in [0.29, 0.717) is 24.3 Å². The number of amides is 1. The monoisotopic (exact) mass is 403 g/mol. The minimum Gasteiger partial charge on any atom is -0.449 e. The summed E-state index contributed by atoms with van der Waals surface area (Å²) in [6.07, 6.45) is 2.30. The van der Waals surface area contributed by atoms with E-state index in [1.807, 2.05) is 61.5 Å². The predicted octanol–water partition coefficient (Wildman–Crippen LogP) is 3.75. The van der Waals surface area contributed by atoms with Crippen LogP contribution in [0.2, 0.25) is 0 Å². The number of carbonyl (C=O) groups excluding carboxylic acids is 2. The number of hydrogen-bond acceptors (Lipinski definition) is 4. The van der Waals surface area contributed by atoms with Gasteiger partial charge in [-0.05, 0) is 19.4 Å². The molecule has 30 heavy (non-hydrogen) atoms. The van der Waals surface area contributed by atoms with Crippen LogP contribution in [0.4, 0.5) is 0 Å². The number of carbonyl (C=O) groups is 2. The van der Waals surface area contributed by atoms with Gasteiger partial charge in [0.05, 0.1) is 6.54 Å². The Morgan fingerprint density at radius 1 is 1.17 bits per heavy atom. The lowest BCUT2D eigenvalue weighted by Gasteiger charge is -2.12. The number of esters is 1. The second kappa shape index (κ2) is 9.69. The minimum atomic E-state index is -0.930. The first-order valence-corrected chi connectivity index (χ1v) is 9.76. The van der Waals surface area contributed by atoms with Crippen molar-refractivity contribution in [3.8, 4) is 11.3 Å². The molecule has 3 rings (SSSR count). The van der Waals surface area contributed by atoms with E-state index in [0.717, 1.165) is 16.7 Å². The molecule has 1 amide bonds. The largest absolute Gasteiger partial charge is 0.449 e. The van der Waals surface area contributed by atoms with Crippen molar-refractivity contribution in [3.05, 3.63) is 90.1 Å². The van der Waals surface area contributed by atoms with Crippen molar-refractivity contribution in [1.82, 2.24) is 15.1 Å². The zero-order valence-electron chi connectivity index (χ0n) is 17.2. The van der Waals surface area contributed by atoms with E-state index in [9.17, 15) is 9.59 Å². The number of aromatic nitrogens is 2. The third kappa shape index (κ3) is 5.23. The lowest BCUT2D eigenvalue weighted by Crippen LogP contribution is -2.35. The molecule has 0 aliphatic rings. The third-order valence-electron chi connectivity index (χ3n) is 4.57. The van der Waals surface area contributed by atoms with Gasteiger partial charge in [-0.3, -0.25) is 9.48 Å². The molecule has 6 heteroatoms. The molecular formula is C24H25N3O3. The molecule has 0 bridgehead atoms. The highest BCUT2D eigenvalue weighted by Crippen LogP contribution is 2.24. The fourth-order valence-electron chi connectivity index (χ4n) is 2.94. The van der Waals surface area contributed by atoms with E-state index >= 15 is 0 Å². The number of nitrogens with zero attached hydrogens (tertiary/aromatic N) is 2. The van der Waals surface area contributed by atoms with Crippen LogP contribution < -0.4 is 5.32 Å². The normalized spacial score (nSPS) is 11.5. The maximum atomic E-state index is 12.9. The van der Waals surface area contributed by atoms with Gasteiger partial charge in [0.1, 0.15) is 11.3 Å². The Labute approximate surface area is 176 Å². The molecular weight excluding hydrogens is 378 g/mol. The highest BCUT2D eigenvalue weighted by molar-refractivity contribution is 5.97. The summed E-state index contributed by atoms with van der Waals surface area (Å²) in [6, 6.07) is 17.6. The van der Waals surface area contributed by atoms with E-state index in [2.05, 4.69) is 17.0 Å². The standard InChI is InChI=1S/C24H25N3O3/c1-4-14-25-23(28)18(3)30-24(29)21-16-27(15-19-8-6-5-7-9-19)26-22(21)20-12-10-17(2)11-13-20/h4-13,16,18H,1,14-15H2,2-3H3,(H,25,28)/t18-/m0/s1. The Balaban J connectivity index is 1.88. The van der Waals surface area contributed by atoms with Crippen LogP contribution in [0, 0.1) is 6.92 Å². The van der Waals surface area contributed by atoms with Gasteiger partial charge >= 0.3 is 5.97 Å². The molecule has 0 saturated carbocycles. The van der Waals surface area contributed by atoms with E-state index < -0.39 is 12.1 Å². The van der Waals surface area contributed by atoms with Crippen molar-refractivity contribution in [2.45, 2.75) is 26.5 Å². The molecule has 1 N–H and O–H groups in total. The molecule has 154 valence electrons. The second-order valence-electron chi connectivity index (χ2n) is 7.02. The molecule has 1 atom stereocenters. The fraction of sp³-hybridized carbons (Fsp3) is 0.208. The maximum absolute atomic E-state index is 12.9. The number of ether oxygens (including phenoxy) is 1. The number of nitrogens with one attached hydrogen (secondary N) is 1. The van der Waals surface area contributed by atoms with E-state index in [1.54, 1.807) is 17.0 Å². The Hall–Kier alpha value is -3.67. The van der Waals surface area contributed by atoms with Gasteiger partial charge in [0.25, 0.3) is 5.91 Å². The summed E-state index contributed by atoms with van der Waals surface area (Å²) in [4.78, 5) is 24.9. The Morgan fingerprint density at radius 3 is 2.53 bits per heavy atom. The van der Waals surface area contributed by atoms with E-state index in [-0.39, 0.29) is 5.91 Å². The second-order valence-corrected chi connectivity index (χ2v) is 7.02. The number of aryl methyl sites for hydroxylation is 1. The fourth-order valence-corrected chi connectivity index (χ4v) is 2.94. The molecule has 1 aromatic heterocycles. The first-order chi connectivity index (χ1) is 14.5. The molecule has 0 saturated heterocycles. The summed E-state index contributed by atoms with van der Waals surface area (Å²) in [5.41, 5.74) is 3.82. The van der Waals surface area contributed by atoms with Crippen LogP contribution in [0.15, 0.2) is 73.4 Å². The highest BCUT2D eigenvalue weighted by atomic mass is 16.5. The van der Waals surface area contributed by atoms with Crippen LogP contribution in [-0.2, 0) is 16.1 Å². The summed E-state index contributed by atoms with van der Waals surface area (Å²) in [7, 11) is 0. The van der Waals surface area contributed by atoms with Crippen LogP contribution >= 0.6 is 0 Å². The molecule has 0 fully saturated rings. The maximum Gasteiger partial charge on any atom is 0.342 e. The number of hydrogen-bond donors (Lipinski definition) is 1. The summed E-state index contributed by atoms with van der Waals surface area (Å²) in [6.45, 7) is 7.92. The minimum absolute atomic E-state index is 0.310. The summed E-state index contributed by atoms with van der Waals surface area (Å²) < 4.78 is 7.12. The number of rotatable bonds is 8. The van der Waals surface area contributed by atoms with Gasteiger partial charge in [-0.15, -0.1) is 6.58 Å². The van der Waals surface area contributed by atoms with Crippen LogP contribution in [-0.4, -0.2) is 34.3 Å². The van der Waals surface area contributed by atoms with Crippen molar-refractivity contribution in [2.24, 2.45) is 0 Å². The molecule has 0 spiro atoms. The molecule has 0 aliphatic carbocycles. The first kappa shape index (κ1) is 21.0. The zero-order valence-corrected chi connectivity index (χ0v) is 17.2. The molecule has 6 nitrogen and oxygen atoms in total. The molecule has 0 radical (unpaired) electrons. The Bertz CT molecular complexity index is 1020. The average molecular weight is 403 g/mol. The van der Waals surface area contributed by atoms with Gasteiger partial charge < -0.3 is 10.1 Å². The highest BCUT2D eigenvalue weighted by Gasteiger charge is 2.24. The predicted molar refractivity (Wildman–Crippen MR) is 116 cm³/mol. The molecule has 0 unspecified atom stereocenters. The van der Waals surface area contributed by atoms with Crippen LogP contribution in [0.3, 0.4) is 0 Å². The van der Waals surface area contributed by atoms with Crippen molar-refractivity contribution >= 4 is 11.9 Å². The van der Waals surface area contributed by atoms with Gasteiger partial charge in [-0.1, -0.05) is 66.2 Å². The molecule has 2 aromatic carbocycles. The summed E-state index contributed by atoms with van der Waals surface area (Å²) in [5.74, 6) is -0.969.